The second-order valence-electron chi connectivity index (χ2n) is 8.67. The Labute approximate surface area is 204 Å². The van der Waals surface area contributed by atoms with Crippen molar-refractivity contribution in [3.8, 4) is 0 Å². The molecule has 0 aliphatic carbocycles. The van der Waals surface area contributed by atoms with Crippen LogP contribution < -0.4 is 20.9 Å². The van der Waals surface area contributed by atoms with Gasteiger partial charge in [0.1, 0.15) is 5.69 Å². The van der Waals surface area contributed by atoms with Crippen molar-refractivity contribution in [1.29, 1.82) is 0 Å². The number of aryl methyl sites for hydroxylation is 1. The molecule has 9 nitrogen and oxygen atoms in total. The van der Waals surface area contributed by atoms with Crippen LogP contribution in [-0.4, -0.2) is 47.7 Å². The van der Waals surface area contributed by atoms with E-state index in [0.717, 1.165) is 35.8 Å². The van der Waals surface area contributed by atoms with Crippen LogP contribution in [0, 0.1) is 11.8 Å². The number of benzene rings is 2. The minimum Gasteiger partial charge on any atom is -0.350 e. The van der Waals surface area contributed by atoms with E-state index < -0.39 is 0 Å². The molecule has 2 aromatic carbocycles. The van der Waals surface area contributed by atoms with E-state index in [1.54, 1.807) is 12.1 Å². The monoisotopic (exact) mass is 480 g/mol. The van der Waals surface area contributed by atoms with Crippen molar-refractivity contribution in [2.45, 2.75) is 32.2 Å². The Morgan fingerprint density at radius 3 is 2.65 bits per heavy atom. The van der Waals surface area contributed by atoms with E-state index in [9.17, 15) is 4.91 Å². The van der Waals surface area contributed by atoms with Gasteiger partial charge in [-0.1, -0.05) is 36.7 Å². The van der Waals surface area contributed by atoms with Crippen molar-refractivity contribution in [3.63, 3.8) is 0 Å². The number of halogens is 1. The molecule has 3 N–H and O–H groups in total. The maximum Gasteiger partial charge on any atom is 0.233 e. The van der Waals surface area contributed by atoms with E-state index in [2.05, 4.69) is 38.0 Å². The van der Waals surface area contributed by atoms with Crippen LogP contribution >= 0.6 is 11.6 Å². The van der Waals surface area contributed by atoms with Gasteiger partial charge in [0, 0.05) is 36.9 Å². The second kappa shape index (κ2) is 10.8. The molecule has 3 aromatic rings. The van der Waals surface area contributed by atoms with Crippen LogP contribution in [0.25, 0.3) is 0 Å². The lowest BCUT2D eigenvalue weighted by atomic mass is 10.0. The maximum atomic E-state index is 11.0. The third-order valence-electron chi connectivity index (χ3n) is 5.92. The minimum absolute atomic E-state index is 0.239. The molecule has 1 unspecified atom stereocenters. The topological polar surface area (TPSA) is 107 Å². The number of likely N-dealkylation sites (N-methyl/N-ethyl adjacent to an activating group) is 1. The van der Waals surface area contributed by atoms with Crippen molar-refractivity contribution < 1.29 is 0 Å². The Morgan fingerprint density at radius 2 is 1.94 bits per heavy atom. The molecule has 1 aromatic heterocycles. The van der Waals surface area contributed by atoms with Crippen molar-refractivity contribution in [2.75, 3.05) is 42.2 Å². The molecule has 0 spiro atoms. The molecule has 1 saturated heterocycles. The van der Waals surface area contributed by atoms with Gasteiger partial charge < -0.3 is 20.9 Å². The summed E-state index contributed by atoms with van der Waals surface area (Å²) in [6, 6.07) is 13.3. The summed E-state index contributed by atoms with van der Waals surface area (Å²) in [7, 11) is 1.97. The Bertz CT molecular complexity index is 1130. The number of hydrogen-bond acceptors (Lipinski definition) is 9. The maximum absolute atomic E-state index is 11.0. The molecule has 10 heteroatoms. The summed E-state index contributed by atoms with van der Waals surface area (Å²) >= 11 is 6.04. The predicted octanol–water partition coefficient (Wildman–Crippen LogP) is 4.99. The van der Waals surface area contributed by atoms with Crippen LogP contribution in [-0.2, 0) is 0 Å². The molecule has 0 saturated carbocycles. The van der Waals surface area contributed by atoms with Gasteiger partial charge in [0.05, 0.1) is 0 Å². The van der Waals surface area contributed by atoms with Gasteiger partial charge in [-0.15, -0.1) is 4.91 Å². The molecule has 34 heavy (non-hydrogen) atoms. The van der Waals surface area contributed by atoms with Gasteiger partial charge in [0.2, 0.25) is 17.8 Å². The summed E-state index contributed by atoms with van der Waals surface area (Å²) in [6.07, 6.45) is 0.999. The standard InChI is InChI=1S/C24H29ClN8O/c1-15-4-9-19(32-34)12-21(15)28-23-29-22(27-20-10-11-26-13-20)30-24(31-23)33(3)14-16(2)17-5-7-18(25)8-6-17/h4-9,12,16,20,26H,10-11,13-14H2,1-3H3,(H2,27,28,29,30,31)/t16?,20-/m0/s1. The zero-order valence-corrected chi connectivity index (χ0v) is 20.3. The van der Waals surface area contributed by atoms with E-state index >= 15 is 0 Å². The second-order valence-corrected chi connectivity index (χ2v) is 9.10. The number of nitroso groups, excluding NO2 is 1. The molecule has 1 aliphatic rings. The van der Waals surface area contributed by atoms with Gasteiger partial charge >= 0.3 is 0 Å². The minimum atomic E-state index is 0.239. The molecule has 0 bridgehead atoms. The fourth-order valence-corrected chi connectivity index (χ4v) is 4.05. The summed E-state index contributed by atoms with van der Waals surface area (Å²) < 4.78 is 0. The molecule has 1 fully saturated rings. The van der Waals surface area contributed by atoms with Gasteiger partial charge in [0.25, 0.3) is 0 Å². The number of nitrogens with zero attached hydrogens (tertiary/aromatic N) is 5. The molecule has 4 rings (SSSR count). The van der Waals surface area contributed by atoms with E-state index in [1.807, 2.05) is 49.2 Å². The average molecular weight is 481 g/mol. The highest BCUT2D eigenvalue weighted by Crippen LogP contribution is 2.26. The van der Waals surface area contributed by atoms with E-state index in [0.29, 0.717) is 30.1 Å². The van der Waals surface area contributed by atoms with Crippen LogP contribution in [0.3, 0.4) is 0 Å². The molecule has 0 radical (unpaired) electrons. The molecule has 2 heterocycles. The molecule has 0 amide bonds. The van der Waals surface area contributed by atoms with Gasteiger partial charge in [-0.2, -0.15) is 15.0 Å². The zero-order chi connectivity index (χ0) is 24.1. The lowest BCUT2D eigenvalue weighted by molar-refractivity contribution is 0.714. The third kappa shape index (κ3) is 5.98. The van der Waals surface area contributed by atoms with E-state index in [-0.39, 0.29) is 12.0 Å². The molecule has 178 valence electrons. The van der Waals surface area contributed by atoms with Crippen molar-refractivity contribution in [2.24, 2.45) is 5.18 Å². The summed E-state index contributed by atoms with van der Waals surface area (Å²) in [5.74, 6) is 1.70. The molecular weight excluding hydrogens is 452 g/mol. The first-order valence-electron chi connectivity index (χ1n) is 11.3. The van der Waals surface area contributed by atoms with Crippen LogP contribution in [0.15, 0.2) is 47.6 Å². The number of hydrogen-bond donors (Lipinski definition) is 3. The fourth-order valence-electron chi connectivity index (χ4n) is 3.93. The van der Waals surface area contributed by atoms with Crippen LogP contribution in [0.1, 0.15) is 30.4 Å². The average Bonchev–Trinajstić information content (AvgIpc) is 3.33. The molecular formula is C24H29ClN8O. The van der Waals surface area contributed by atoms with Gasteiger partial charge in [0.15, 0.2) is 0 Å². The van der Waals surface area contributed by atoms with E-state index in [4.69, 9.17) is 16.6 Å². The Hall–Kier alpha value is -3.30. The van der Waals surface area contributed by atoms with Crippen LogP contribution in [0.2, 0.25) is 5.02 Å². The molecule has 1 aliphatic heterocycles. The Kier molecular flexibility index (Phi) is 7.54. The first kappa shape index (κ1) is 23.8. The van der Waals surface area contributed by atoms with E-state index in [1.165, 1.54) is 5.56 Å². The first-order valence-corrected chi connectivity index (χ1v) is 11.7. The SMILES string of the molecule is Cc1ccc(N=O)cc1Nc1nc(N[C@H]2CCNC2)nc(N(C)CC(C)c2ccc(Cl)cc2)n1. The van der Waals surface area contributed by atoms with Crippen molar-refractivity contribution in [1.82, 2.24) is 20.3 Å². The Balaban J connectivity index is 1.59. The van der Waals surface area contributed by atoms with Crippen molar-refractivity contribution in [3.05, 3.63) is 63.5 Å². The Morgan fingerprint density at radius 1 is 1.18 bits per heavy atom. The van der Waals surface area contributed by atoms with Gasteiger partial charge in [-0.25, -0.2) is 0 Å². The van der Waals surface area contributed by atoms with Crippen molar-refractivity contribution >= 4 is 40.8 Å². The largest absolute Gasteiger partial charge is 0.350 e. The summed E-state index contributed by atoms with van der Waals surface area (Å²) in [5, 5.41) is 13.8. The van der Waals surface area contributed by atoms with Crippen LogP contribution in [0.4, 0.5) is 29.2 Å². The first-order chi connectivity index (χ1) is 16.4. The summed E-state index contributed by atoms with van der Waals surface area (Å²) in [4.78, 5) is 27.0. The number of rotatable bonds is 9. The third-order valence-corrected chi connectivity index (χ3v) is 6.17. The predicted molar refractivity (Wildman–Crippen MR) is 138 cm³/mol. The highest BCUT2D eigenvalue weighted by atomic mass is 35.5. The van der Waals surface area contributed by atoms with Crippen LogP contribution in [0.5, 0.6) is 0 Å². The highest BCUT2D eigenvalue weighted by Gasteiger charge is 2.19. The summed E-state index contributed by atoms with van der Waals surface area (Å²) in [6.45, 7) is 6.63. The number of aromatic nitrogens is 3. The quantitative estimate of drug-likeness (QED) is 0.368. The number of nitrogens with one attached hydrogen (secondary N) is 3. The van der Waals surface area contributed by atoms with Gasteiger partial charge in [-0.05, 0) is 66.4 Å². The fraction of sp³-hybridized carbons (Fsp3) is 0.375. The lowest BCUT2D eigenvalue weighted by Gasteiger charge is -2.23. The highest BCUT2D eigenvalue weighted by molar-refractivity contribution is 6.30. The smallest absolute Gasteiger partial charge is 0.233 e. The van der Waals surface area contributed by atoms with Gasteiger partial charge in [-0.3, -0.25) is 0 Å². The zero-order valence-electron chi connectivity index (χ0n) is 19.5. The lowest BCUT2D eigenvalue weighted by Crippen LogP contribution is -2.27. The summed E-state index contributed by atoms with van der Waals surface area (Å²) in [5.41, 5.74) is 3.20. The number of anilines is 4. The normalized spacial score (nSPS) is 16.2. The molecule has 2 atom stereocenters.